The van der Waals surface area contributed by atoms with Crippen molar-refractivity contribution < 1.29 is 14.3 Å². The van der Waals surface area contributed by atoms with Crippen LogP contribution in [0.2, 0.25) is 0 Å². The monoisotopic (exact) mass is 305 g/mol. The summed E-state index contributed by atoms with van der Waals surface area (Å²) in [6.07, 6.45) is 0. The van der Waals surface area contributed by atoms with Gasteiger partial charge in [-0.3, -0.25) is 0 Å². The predicted octanol–water partition coefficient (Wildman–Crippen LogP) is 3.94. The van der Waals surface area contributed by atoms with E-state index in [4.69, 9.17) is 9.47 Å². The topological polar surface area (TPSA) is 48.4 Å². The lowest BCUT2D eigenvalue weighted by atomic mass is 10.0. The number of aromatic nitrogens is 1. The highest BCUT2D eigenvalue weighted by atomic mass is 32.1. The van der Waals surface area contributed by atoms with Crippen LogP contribution in [0.1, 0.15) is 46.4 Å². The second kappa shape index (κ2) is 6.83. The van der Waals surface area contributed by atoms with Crippen LogP contribution in [0.4, 0.5) is 0 Å². The van der Waals surface area contributed by atoms with Gasteiger partial charge >= 0.3 is 5.97 Å². The van der Waals surface area contributed by atoms with Crippen molar-refractivity contribution in [2.24, 2.45) is 0 Å². The Kier molecular flexibility index (Phi) is 5.09. The number of thiazole rings is 1. The number of hydrogen-bond donors (Lipinski definition) is 0. The third kappa shape index (κ3) is 3.89. The summed E-state index contributed by atoms with van der Waals surface area (Å²) < 4.78 is 10.5. The van der Waals surface area contributed by atoms with E-state index in [-0.39, 0.29) is 5.92 Å². The van der Waals surface area contributed by atoms with Gasteiger partial charge in [0.1, 0.15) is 10.8 Å². The van der Waals surface area contributed by atoms with Crippen LogP contribution in [-0.2, 0) is 11.3 Å². The molecule has 2 rings (SSSR count). The summed E-state index contributed by atoms with van der Waals surface area (Å²) in [5, 5.41) is 2.46. The Morgan fingerprint density at radius 1 is 1.38 bits per heavy atom. The molecule has 0 amide bonds. The lowest BCUT2D eigenvalue weighted by Gasteiger charge is -2.13. The molecule has 1 aromatic heterocycles. The summed E-state index contributed by atoms with van der Waals surface area (Å²) in [5.74, 6) is 0.463. The van der Waals surface area contributed by atoms with E-state index in [0.29, 0.717) is 18.1 Å². The summed E-state index contributed by atoms with van der Waals surface area (Å²) in [6, 6.07) is 5.90. The zero-order valence-electron chi connectivity index (χ0n) is 12.7. The molecule has 112 valence electrons. The second-order valence-electron chi connectivity index (χ2n) is 5.14. The van der Waals surface area contributed by atoms with Crippen molar-refractivity contribution in [3.05, 3.63) is 45.4 Å². The van der Waals surface area contributed by atoms with Gasteiger partial charge in [-0.15, -0.1) is 11.3 Å². The highest BCUT2D eigenvalue weighted by Gasteiger charge is 2.16. The fraction of sp³-hybridized carbons (Fsp3) is 0.375. The smallest absolute Gasteiger partial charge is 0.363 e. The number of rotatable bonds is 5. The summed E-state index contributed by atoms with van der Waals surface area (Å²) in [6.45, 7) is 6.52. The third-order valence-corrected chi connectivity index (χ3v) is 3.84. The largest absolute Gasteiger partial charge is 0.421 e. The molecular weight excluding hydrogens is 286 g/mol. The molecule has 0 unspecified atom stereocenters. The quantitative estimate of drug-likeness (QED) is 0.620. The van der Waals surface area contributed by atoms with Crippen molar-refractivity contribution in [2.75, 3.05) is 7.11 Å². The lowest BCUT2D eigenvalue weighted by Crippen LogP contribution is -2.11. The molecule has 1 aromatic carbocycles. The van der Waals surface area contributed by atoms with Gasteiger partial charge in [0.05, 0.1) is 6.61 Å². The Labute approximate surface area is 128 Å². The Hall–Kier alpha value is -1.72. The molecule has 21 heavy (non-hydrogen) atoms. The lowest BCUT2D eigenvalue weighted by molar-refractivity contribution is 0.0727. The first-order valence-electron chi connectivity index (χ1n) is 6.77. The van der Waals surface area contributed by atoms with Crippen LogP contribution < -0.4 is 4.74 Å². The van der Waals surface area contributed by atoms with Gasteiger partial charge in [-0.25, -0.2) is 9.78 Å². The number of benzene rings is 1. The number of ether oxygens (including phenoxy) is 2. The summed E-state index contributed by atoms with van der Waals surface area (Å²) in [5.41, 5.74) is 2.39. The molecule has 0 aliphatic heterocycles. The molecule has 0 fully saturated rings. The van der Waals surface area contributed by atoms with Crippen molar-refractivity contribution in [3.63, 3.8) is 0 Å². The van der Waals surface area contributed by atoms with Gasteiger partial charge in [0, 0.05) is 12.5 Å². The van der Waals surface area contributed by atoms with Crippen molar-refractivity contribution in [1.82, 2.24) is 4.98 Å². The Morgan fingerprint density at radius 2 is 2.14 bits per heavy atom. The molecule has 0 bridgehead atoms. The van der Waals surface area contributed by atoms with E-state index < -0.39 is 5.97 Å². The van der Waals surface area contributed by atoms with Crippen molar-refractivity contribution in [3.8, 4) is 5.75 Å². The minimum absolute atomic E-state index is 0.285. The molecule has 0 aliphatic rings. The number of hydrogen-bond acceptors (Lipinski definition) is 5. The van der Waals surface area contributed by atoms with Crippen LogP contribution in [0.15, 0.2) is 23.6 Å². The van der Waals surface area contributed by atoms with Gasteiger partial charge < -0.3 is 9.47 Å². The van der Waals surface area contributed by atoms with E-state index in [9.17, 15) is 4.79 Å². The highest BCUT2D eigenvalue weighted by Crippen LogP contribution is 2.28. The first-order chi connectivity index (χ1) is 10.0. The van der Waals surface area contributed by atoms with Gasteiger partial charge in [-0.2, -0.15) is 0 Å². The number of carbonyl (C=O) groups excluding carboxylic acids is 1. The average molecular weight is 305 g/mol. The molecule has 4 nitrogen and oxygen atoms in total. The molecule has 2 aromatic rings. The zero-order valence-corrected chi connectivity index (χ0v) is 13.5. The van der Waals surface area contributed by atoms with Gasteiger partial charge in [0.25, 0.3) is 0 Å². The van der Waals surface area contributed by atoms with Crippen LogP contribution >= 0.6 is 11.3 Å². The van der Waals surface area contributed by atoms with E-state index in [1.165, 1.54) is 11.3 Å². The highest BCUT2D eigenvalue weighted by molar-refractivity contribution is 7.09. The van der Waals surface area contributed by atoms with E-state index >= 15 is 0 Å². The number of nitrogens with zero attached hydrogens (tertiary/aromatic N) is 1. The molecule has 0 saturated carbocycles. The molecule has 0 N–H and O–H groups in total. The van der Waals surface area contributed by atoms with E-state index in [1.807, 2.05) is 25.1 Å². The summed E-state index contributed by atoms with van der Waals surface area (Å²) >= 11 is 1.39. The van der Waals surface area contributed by atoms with Gasteiger partial charge in [-0.1, -0.05) is 26.0 Å². The average Bonchev–Trinajstić information content (AvgIpc) is 2.87. The molecule has 0 saturated heterocycles. The summed E-state index contributed by atoms with van der Waals surface area (Å²) in [7, 11) is 1.60. The van der Waals surface area contributed by atoms with E-state index in [2.05, 4.69) is 18.8 Å². The molecular formula is C16H19NO3S. The number of esters is 1. The first-order valence-corrected chi connectivity index (χ1v) is 7.65. The first kappa shape index (κ1) is 15.7. The van der Waals surface area contributed by atoms with E-state index in [0.717, 1.165) is 16.1 Å². The van der Waals surface area contributed by atoms with Crippen molar-refractivity contribution >= 4 is 17.3 Å². The second-order valence-corrected chi connectivity index (χ2v) is 6.09. The fourth-order valence-electron chi connectivity index (χ4n) is 1.95. The summed E-state index contributed by atoms with van der Waals surface area (Å²) in [4.78, 5) is 16.4. The molecule has 0 atom stereocenters. The molecule has 0 aliphatic carbocycles. The fourth-order valence-corrected chi connectivity index (χ4v) is 2.69. The van der Waals surface area contributed by atoms with Gasteiger partial charge in [0.2, 0.25) is 0 Å². The molecule has 1 heterocycles. The van der Waals surface area contributed by atoms with Crippen molar-refractivity contribution in [2.45, 2.75) is 33.3 Å². The Balaban J connectivity index is 2.20. The zero-order chi connectivity index (χ0) is 15.4. The molecule has 5 heteroatoms. The maximum atomic E-state index is 12.2. The molecule has 0 spiro atoms. The maximum Gasteiger partial charge on any atom is 0.363 e. The minimum atomic E-state index is -0.430. The predicted molar refractivity (Wildman–Crippen MR) is 83.1 cm³/mol. The van der Waals surface area contributed by atoms with Gasteiger partial charge in [-0.05, 0) is 30.0 Å². The standard InChI is InChI=1S/C16H19NO3S/c1-10(2)12-6-5-11(3)7-14(12)20-16(18)13-9-21-15(17-13)8-19-4/h5-7,9-10H,8H2,1-4H3. The Bertz CT molecular complexity index is 634. The Morgan fingerprint density at radius 3 is 2.81 bits per heavy atom. The SMILES string of the molecule is COCc1nc(C(=O)Oc2cc(C)ccc2C(C)C)cs1. The van der Waals surface area contributed by atoms with Crippen LogP contribution in [0.3, 0.4) is 0 Å². The van der Waals surface area contributed by atoms with Crippen molar-refractivity contribution in [1.29, 1.82) is 0 Å². The number of methoxy groups -OCH3 is 1. The maximum absolute atomic E-state index is 12.2. The van der Waals surface area contributed by atoms with E-state index in [1.54, 1.807) is 12.5 Å². The molecule has 0 radical (unpaired) electrons. The van der Waals surface area contributed by atoms with Gasteiger partial charge in [0.15, 0.2) is 5.69 Å². The minimum Gasteiger partial charge on any atom is -0.421 e. The number of carbonyl (C=O) groups is 1. The van der Waals surface area contributed by atoms with Crippen LogP contribution in [0.5, 0.6) is 5.75 Å². The third-order valence-electron chi connectivity index (χ3n) is 3.02. The van der Waals surface area contributed by atoms with Crippen LogP contribution in [-0.4, -0.2) is 18.1 Å². The van der Waals surface area contributed by atoms with Crippen LogP contribution in [0.25, 0.3) is 0 Å². The number of aryl methyl sites for hydroxylation is 1. The van der Waals surface area contributed by atoms with Crippen LogP contribution in [0, 0.1) is 6.92 Å². The normalized spacial score (nSPS) is 10.9.